The van der Waals surface area contributed by atoms with Crippen LogP contribution < -0.4 is 5.32 Å². The van der Waals surface area contributed by atoms with E-state index in [4.69, 9.17) is 9.47 Å². The minimum absolute atomic E-state index is 0.193. The zero-order valence-electron chi connectivity index (χ0n) is 35.2. The number of rotatable bonds is 37. The fraction of sp³-hybridized carbons (Fsp3) is 0.848. The predicted octanol–water partition coefficient (Wildman–Crippen LogP) is 9.28. The van der Waals surface area contributed by atoms with Gasteiger partial charge in [-0.1, -0.05) is 179 Å². The first-order valence-electron chi connectivity index (χ1n) is 22.7. The summed E-state index contributed by atoms with van der Waals surface area (Å²) in [5.41, 5.74) is 0. The Bertz CT molecular complexity index is 956. The lowest BCUT2D eigenvalue weighted by atomic mass is 9.99. The van der Waals surface area contributed by atoms with E-state index in [9.17, 15) is 30.3 Å². The number of aliphatic hydroxyl groups excluding tert-OH is 5. The van der Waals surface area contributed by atoms with Crippen molar-refractivity contribution in [2.24, 2.45) is 0 Å². The molecule has 7 atom stereocenters. The fourth-order valence-electron chi connectivity index (χ4n) is 7.02. The van der Waals surface area contributed by atoms with E-state index in [-0.39, 0.29) is 12.5 Å². The first-order valence-corrected chi connectivity index (χ1v) is 22.7. The van der Waals surface area contributed by atoms with Crippen LogP contribution in [-0.4, -0.2) is 87.5 Å². The Labute approximate surface area is 336 Å². The van der Waals surface area contributed by atoms with E-state index < -0.39 is 49.5 Å². The Morgan fingerprint density at radius 3 is 1.64 bits per heavy atom. The molecule has 322 valence electrons. The summed E-state index contributed by atoms with van der Waals surface area (Å²) >= 11 is 0. The number of aliphatic hydroxyl groups is 5. The molecule has 0 aromatic rings. The third-order valence-electron chi connectivity index (χ3n) is 10.7. The third-order valence-corrected chi connectivity index (χ3v) is 10.7. The van der Waals surface area contributed by atoms with Crippen LogP contribution in [0.4, 0.5) is 0 Å². The highest BCUT2D eigenvalue weighted by Crippen LogP contribution is 2.22. The number of ether oxygens (including phenoxy) is 2. The van der Waals surface area contributed by atoms with Crippen molar-refractivity contribution in [1.29, 1.82) is 0 Å². The van der Waals surface area contributed by atoms with E-state index in [1.54, 1.807) is 6.08 Å². The van der Waals surface area contributed by atoms with Crippen molar-refractivity contribution in [3.63, 3.8) is 0 Å². The maximum Gasteiger partial charge on any atom is 0.220 e. The van der Waals surface area contributed by atoms with Crippen molar-refractivity contribution < 1.29 is 39.8 Å². The van der Waals surface area contributed by atoms with Gasteiger partial charge in [0.05, 0.1) is 25.4 Å². The average Bonchev–Trinajstić information content (AvgIpc) is 3.18. The molecule has 0 saturated carbocycles. The molecule has 1 fully saturated rings. The van der Waals surface area contributed by atoms with Gasteiger partial charge in [0.2, 0.25) is 5.91 Å². The van der Waals surface area contributed by atoms with Crippen LogP contribution in [0, 0.1) is 0 Å². The van der Waals surface area contributed by atoms with Gasteiger partial charge in [-0.3, -0.25) is 4.79 Å². The highest BCUT2D eigenvalue weighted by molar-refractivity contribution is 5.76. The van der Waals surface area contributed by atoms with Crippen LogP contribution in [0.2, 0.25) is 0 Å². The third kappa shape index (κ3) is 27.6. The highest BCUT2D eigenvalue weighted by atomic mass is 16.7. The van der Waals surface area contributed by atoms with Gasteiger partial charge in [-0.15, -0.1) is 0 Å². The molecule has 1 aliphatic rings. The van der Waals surface area contributed by atoms with Gasteiger partial charge in [-0.25, -0.2) is 0 Å². The molecule has 9 nitrogen and oxygen atoms in total. The molecule has 1 heterocycles. The second-order valence-corrected chi connectivity index (χ2v) is 15.8. The molecule has 1 saturated heterocycles. The Kier molecular flexibility index (Phi) is 34.3. The molecule has 1 aliphatic heterocycles. The zero-order valence-corrected chi connectivity index (χ0v) is 35.2. The molecule has 0 aliphatic carbocycles. The number of hydrogen-bond acceptors (Lipinski definition) is 8. The number of allylic oxidation sites excluding steroid dienone is 5. The van der Waals surface area contributed by atoms with Crippen molar-refractivity contribution in [3.8, 4) is 0 Å². The van der Waals surface area contributed by atoms with Gasteiger partial charge in [0.1, 0.15) is 24.4 Å². The van der Waals surface area contributed by atoms with Crippen molar-refractivity contribution in [3.05, 3.63) is 36.5 Å². The Morgan fingerprint density at radius 1 is 0.618 bits per heavy atom. The first kappa shape index (κ1) is 51.4. The molecule has 9 heteroatoms. The van der Waals surface area contributed by atoms with Crippen molar-refractivity contribution in [1.82, 2.24) is 5.32 Å². The molecule has 0 bridgehead atoms. The Hall–Kier alpha value is -1.59. The molecule has 0 spiro atoms. The molecule has 55 heavy (non-hydrogen) atoms. The van der Waals surface area contributed by atoms with E-state index in [0.717, 1.165) is 70.6 Å². The lowest BCUT2D eigenvalue weighted by Crippen LogP contribution is -2.60. The van der Waals surface area contributed by atoms with Gasteiger partial charge < -0.3 is 40.3 Å². The van der Waals surface area contributed by atoms with Crippen molar-refractivity contribution in [2.45, 2.75) is 236 Å². The number of unbranched alkanes of at least 4 members (excludes halogenated alkanes) is 23. The predicted molar refractivity (Wildman–Crippen MR) is 226 cm³/mol. The lowest BCUT2D eigenvalue weighted by molar-refractivity contribution is -0.302. The average molecular weight is 780 g/mol. The van der Waals surface area contributed by atoms with Crippen LogP contribution >= 0.6 is 0 Å². The van der Waals surface area contributed by atoms with Crippen molar-refractivity contribution >= 4 is 5.91 Å². The first-order chi connectivity index (χ1) is 26.8. The highest BCUT2D eigenvalue weighted by Gasteiger charge is 2.44. The van der Waals surface area contributed by atoms with Crippen LogP contribution in [0.15, 0.2) is 36.5 Å². The smallest absolute Gasteiger partial charge is 0.220 e. The topological polar surface area (TPSA) is 149 Å². The number of carbonyl (C=O) groups is 1. The standard InChI is InChI=1S/C46H85NO8/c1-3-5-7-9-11-13-15-17-18-19-20-21-22-24-25-27-29-31-33-35-40(49)39(38-54-46-45(53)44(52)43(51)41(37-48)55-46)47-42(50)36-34-32-30-28-26-23-16-14-12-10-8-6-4-2/h8,10,14,16,33,35,39-41,43-46,48-49,51-53H,3-7,9,11-13,15,17-32,34,36-38H2,1-2H3,(H,47,50)/b10-8-,16-14-,35-33+. The maximum absolute atomic E-state index is 12.9. The SMILES string of the molecule is CCC/C=C\C/C=C\CCCCCCCC(=O)NC(COC1OC(CO)C(O)C(O)C1O)C(O)/C=C/CCCCCCCCCCCCCCCCCCC. The molecular weight excluding hydrogens is 695 g/mol. The second-order valence-electron chi connectivity index (χ2n) is 15.8. The second kappa shape index (κ2) is 36.7. The summed E-state index contributed by atoms with van der Waals surface area (Å²) in [5.74, 6) is -0.193. The lowest BCUT2D eigenvalue weighted by Gasteiger charge is -2.40. The van der Waals surface area contributed by atoms with E-state index in [1.807, 2.05) is 6.08 Å². The molecule has 0 radical (unpaired) electrons. The zero-order chi connectivity index (χ0) is 40.2. The van der Waals surface area contributed by atoms with Gasteiger partial charge in [0.15, 0.2) is 6.29 Å². The summed E-state index contributed by atoms with van der Waals surface area (Å²) in [4.78, 5) is 12.9. The summed E-state index contributed by atoms with van der Waals surface area (Å²) in [5, 5.41) is 54.1. The fourth-order valence-corrected chi connectivity index (χ4v) is 7.02. The minimum atomic E-state index is -1.57. The summed E-state index contributed by atoms with van der Waals surface area (Å²) in [7, 11) is 0. The summed E-state index contributed by atoms with van der Waals surface area (Å²) in [6.45, 7) is 3.69. The van der Waals surface area contributed by atoms with Crippen LogP contribution in [0.3, 0.4) is 0 Å². The number of hydrogen-bond donors (Lipinski definition) is 6. The van der Waals surface area contributed by atoms with Gasteiger partial charge in [0, 0.05) is 6.42 Å². The summed E-state index contributed by atoms with van der Waals surface area (Å²) in [6, 6.07) is -0.810. The molecule has 7 unspecified atom stereocenters. The number of carbonyl (C=O) groups excluding carboxylic acids is 1. The molecule has 6 N–H and O–H groups in total. The Morgan fingerprint density at radius 2 is 1.11 bits per heavy atom. The van der Waals surface area contributed by atoms with Crippen molar-refractivity contribution in [2.75, 3.05) is 13.2 Å². The largest absolute Gasteiger partial charge is 0.394 e. The number of nitrogens with one attached hydrogen (secondary N) is 1. The molecular formula is C46H85NO8. The van der Waals surface area contributed by atoms with Gasteiger partial charge in [-0.2, -0.15) is 0 Å². The van der Waals surface area contributed by atoms with Gasteiger partial charge >= 0.3 is 0 Å². The van der Waals surface area contributed by atoms with E-state index >= 15 is 0 Å². The molecule has 0 aromatic heterocycles. The van der Waals surface area contributed by atoms with Crippen LogP contribution in [0.1, 0.15) is 194 Å². The normalized spacial score (nSPS) is 21.6. The van der Waals surface area contributed by atoms with Crippen LogP contribution in [-0.2, 0) is 14.3 Å². The molecule has 0 aromatic carbocycles. The van der Waals surface area contributed by atoms with Crippen LogP contribution in [0.5, 0.6) is 0 Å². The molecule has 1 rings (SSSR count). The number of amides is 1. The molecule has 1 amide bonds. The van der Waals surface area contributed by atoms with Gasteiger partial charge in [-0.05, 0) is 44.9 Å². The summed E-state index contributed by atoms with van der Waals surface area (Å²) in [6.07, 6.45) is 37.6. The monoisotopic (exact) mass is 780 g/mol. The van der Waals surface area contributed by atoms with Gasteiger partial charge in [0.25, 0.3) is 0 Å². The maximum atomic E-state index is 12.9. The minimum Gasteiger partial charge on any atom is -0.394 e. The van der Waals surface area contributed by atoms with E-state index in [1.165, 1.54) is 103 Å². The van der Waals surface area contributed by atoms with Crippen LogP contribution in [0.25, 0.3) is 0 Å². The van der Waals surface area contributed by atoms with E-state index in [0.29, 0.717) is 6.42 Å². The summed E-state index contributed by atoms with van der Waals surface area (Å²) < 4.78 is 11.2. The van der Waals surface area contributed by atoms with E-state index in [2.05, 4.69) is 43.5 Å². The quantitative estimate of drug-likeness (QED) is 0.0270. The Balaban J connectivity index is 2.36.